The van der Waals surface area contributed by atoms with Crippen LogP contribution in [0.25, 0.3) is 88.0 Å². The first-order chi connectivity index (χ1) is 22.8. The predicted octanol–water partition coefficient (Wildman–Crippen LogP) is 11.8. The van der Waals surface area contributed by atoms with Crippen LogP contribution >= 0.6 is 0 Å². The van der Waals surface area contributed by atoms with E-state index in [0.717, 1.165) is 33.1 Å². The van der Waals surface area contributed by atoms with Crippen LogP contribution in [-0.4, -0.2) is 9.97 Å². The fourth-order valence-corrected chi connectivity index (χ4v) is 6.93. The zero-order valence-corrected chi connectivity index (χ0v) is 25.1. The van der Waals surface area contributed by atoms with Gasteiger partial charge in [-0.3, -0.25) is 4.98 Å². The molecule has 9 rings (SSSR count). The molecule has 0 aliphatic rings. The average molecular weight is 585 g/mol. The molecule has 7 aromatic carbocycles. The smallest absolute Gasteiger partial charge is 0.0972 e. The number of pyridine rings is 2. The summed E-state index contributed by atoms with van der Waals surface area (Å²) in [7, 11) is 0. The minimum Gasteiger partial charge on any atom is -0.254 e. The molecule has 2 aromatic heterocycles. The van der Waals surface area contributed by atoms with Gasteiger partial charge in [0, 0.05) is 22.5 Å². The summed E-state index contributed by atoms with van der Waals surface area (Å²) in [5.41, 5.74) is 11.2. The Bertz CT molecular complexity index is 2510. The molecule has 0 aliphatic carbocycles. The molecule has 0 saturated carbocycles. The van der Waals surface area contributed by atoms with Crippen LogP contribution in [0.1, 0.15) is 0 Å². The van der Waals surface area contributed by atoms with Gasteiger partial charge in [0.2, 0.25) is 0 Å². The highest BCUT2D eigenvalue weighted by molar-refractivity contribution is 6.21. The van der Waals surface area contributed by atoms with Gasteiger partial charge in [-0.1, -0.05) is 146 Å². The van der Waals surface area contributed by atoms with E-state index in [-0.39, 0.29) is 0 Å². The Labute approximate surface area is 267 Å². The van der Waals surface area contributed by atoms with Crippen molar-refractivity contribution in [2.45, 2.75) is 0 Å². The van der Waals surface area contributed by atoms with Crippen molar-refractivity contribution in [3.05, 3.63) is 170 Å². The van der Waals surface area contributed by atoms with Crippen LogP contribution in [0, 0.1) is 0 Å². The highest BCUT2D eigenvalue weighted by Gasteiger charge is 2.17. The van der Waals surface area contributed by atoms with Gasteiger partial charge in [-0.05, 0) is 73.1 Å². The molecule has 0 fully saturated rings. The lowest BCUT2D eigenvalue weighted by Crippen LogP contribution is -1.92. The lowest BCUT2D eigenvalue weighted by Gasteiger charge is -2.18. The monoisotopic (exact) mass is 584 g/mol. The van der Waals surface area contributed by atoms with E-state index in [1.807, 2.05) is 12.3 Å². The molecule has 214 valence electrons. The van der Waals surface area contributed by atoms with E-state index < -0.39 is 0 Å². The fraction of sp³-hybridized carbons (Fsp3) is 0. The van der Waals surface area contributed by atoms with Gasteiger partial charge >= 0.3 is 0 Å². The van der Waals surface area contributed by atoms with Crippen LogP contribution in [0.5, 0.6) is 0 Å². The van der Waals surface area contributed by atoms with Crippen molar-refractivity contribution >= 4 is 43.4 Å². The predicted molar refractivity (Wildman–Crippen MR) is 194 cm³/mol. The first-order valence-electron chi connectivity index (χ1n) is 15.7. The molecule has 2 heterocycles. The molecule has 46 heavy (non-hydrogen) atoms. The molecule has 0 saturated heterocycles. The molecular formula is C44H28N2. The second-order valence-electron chi connectivity index (χ2n) is 11.8. The van der Waals surface area contributed by atoms with E-state index in [1.54, 1.807) is 0 Å². The van der Waals surface area contributed by atoms with Crippen molar-refractivity contribution in [2.24, 2.45) is 0 Å². The molecule has 0 aliphatic heterocycles. The zero-order valence-electron chi connectivity index (χ0n) is 25.1. The molecular weight excluding hydrogens is 556 g/mol. The van der Waals surface area contributed by atoms with Crippen LogP contribution in [0.4, 0.5) is 0 Å². The maximum atomic E-state index is 5.15. The second-order valence-corrected chi connectivity index (χ2v) is 11.8. The number of aromatic nitrogens is 2. The third-order valence-corrected chi connectivity index (χ3v) is 9.09. The quantitative estimate of drug-likeness (QED) is 0.152. The Morgan fingerprint density at radius 3 is 1.54 bits per heavy atom. The van der Waals surface area contributed by atoms with Crippen molar-refractivity contribution in [3.63, 3.8) is 0 Å². The minimum absolute atomic E-state index is 0.930. The van der Waals surface area contributed by atoms with Gasteiger partial charge in [0.15, 0.2) is 0 Å². The van der Waals surface area contributed by atoms with Crippen molar-refractivity contribution < 1.29 is 0 Å². The van der Waals surface area contributed by atoms with Crippen LogP contribution in [0.2, 0.25) is 0 Å². The molecule has 0 radical (unpaired) electrons. The summed E-state index contributed by atoms with van der Waals surface area (Å²) in [6.45, 7) is 0. The maximum absolute atomic E-state index is 5.15. The normalized spacial score (nSPS) is 11.5. The highest BCUT2D eigenvalue weighted by atomic mass is 14.7. The standard InChI is InChI=1S/C44H28N2/c1-2-10-29(11-3-1)30-19-21-31(22-20-30)41-36-15-4-6-17-38(36)42(39-18-7-5-16-37(39)41)35-13-8-12-34(28-35)40-26-25-33-24-23-32-14-9-27-45-43(32)44(33)46-40/h1-28H. The van der Waals surface area contributed by atoms with Crippen molar-refractivity contribution in [3.8, 4) is 44.6 Å². The largest absolute Gasteiger partial charge is 0.254 e. The van der Waals surface area contributed by atoms with Crippen LogP contribution < -0.4 is 0 Å². The lowest BCUT2D eigenvalue weighted by atomic mass is 9.85. The Kier molecular flexibility index (Phi) is 6.17. The summed E-state index contributed by atoms with van der Waals surface area (Å²) in [6, 6.07) is 58.6. The minimum atomic E-state index is 0.930. The van der Waals surface area contributed by atoms with Gasteiger partial charge in [0.1, 0.15) is 0 Å². The van der Waals surface area contributed by atoms with E-state index in [1.165, 1.54) is 54.9 Å². The first-order valence-corrected chi connectivity index (χ1v) is 15.7. The number of benzene rings is 7. The summed E-state index contributed by atoms with van der Waals surface area (Å²) >= 11 is 0. The average Bonchev–Trinajstić information content (AvgIpc) is 3.14. The summed E-state index contributed by atoms with van der Waals surface area (Å²) in [5.74, 6) is 0. The van der Waals surface area contributed by atoms with Crippen molar-refractivity contribution in [1.82, 2.24) is 9.97 Å². The van der Waals surface area contributed by atoms with Gasteiger partial charge < -0.3 is 0 Å². The molecule has 0 spiro atoms. The molecule has 9 aromatic rings. The van der Waals surface area contributed by atoms with E-state index in [2.05, 4.69) is 163 Å². The highest BCUT2D eigenvalue weighted by Crippen LogP contribution is 2.44. The van der Waals surface area contributed by atoms with E-state index in [9.17, 15) is 0 Å². The topological polar surface area (TPSA) is 25.8 Å². The maximum Gasteiger partial charge on any atom is 0.0972 e. The second kappa shape index (κ2) is 10.8. The molecule has 2 heteroatoms. The fourth-order valence-electron chi connectivity index (χ4n) is 6.93. The number of nitrogens with zero attached hydrogens (tertiary/aromatic N) is 2. The van der Waals surface area contributed by atoms with Crippen LogP contribution in [-0.2, 0) is 0 Å². The summed E-state index contributed by atoms with van der Waals surface area (Å²) in [6.07, 6.45) is 1.84. The third kappa shape index (κ3) is 4.35. The Morgan fingerprint density at radius 2 is 0.848 bits per heavy atom. The molecule has 2 nitrogen and oxygen atoms in total. The molecule has 0 bridgehead atoms. The Morgan fingerprint density at radius 1 is 0.326 bits per heavy atom. The summed E-state index contributed by atoms with van der Waals surface area (Å²) in [5, 5.41) is 7.16. The number of rotatable bonds is 4. The Hall–Kier alpha value is -6.12. The van der Waals surface area contributed by atoms with E-state index >= 15 is 0 Å². The SMILES string of the molecule is c1ccc(-c2ccc(-c3c4ccccc4c(-c4cccc(-c5ccc6ccc7cccnc7c6n5)c4)c4ccccc34)cc2)cc1. The van der Waals surface area contributed by atoms with Gasteiger partial charge in [-0.2, -0.15) is 0 Å². The summed E-state index contributed by atoms with van der Waals surface area (Å²) < 4.78 is 0. The summed E-state index contributed by atoms with van der Waals surface area (Å²) in [4.78, 5) is 9.82. The van der Waals surface area contributed by atoms with E-state index in [4.69, 9.17) is 4.98 Å². The van der Waals surface area contributed by atoms with E-state index in [0.29, 0.717) is 0 Å². The van der Waals surface area contributed by atoms with Gasteiger partial charge in [0.05, 0.1) is 16.7 Å². The van der Waals surface area contributed by atoms with Crippen LogP contribution in [0.3, 0.4) is 0 Å². The Balaban J connectivity index is 1.23. The number of fused-ring (bicyclic) bond motifs is 5. The van der Waals surface area contributed by atoms with Crippen molar-refractivity contribution in [1.29, 1.82) is 0 Å². The van der Waals surface area contributed by atoms with Gasteiger partial charge in [-0.15, -0.1) is 0 Å². The zero-order chi connectivity index (χ0) is 30.5. The molecule has 0 N–H and O–H groups in total. The van der Waals surface area contributed by atoms with Crippen LogP contribution in [0.15, 0.2) is 170 Å². The molecule has 0 unspecified atom stereocenters. The van der Waals surface area contributed by atoms with Gasteiger partial charge in [0.25, 0.3) is 0 Å². The molecule has 0 amide bonds. The first kappa shape index (κ1) is 26.3. The third-order valence-electron chi connectivity index (χ3n) is 9.09. The number of hydrogen-bond acceptors (Lipinski definition) is 2. The van der Waals surface area contributed by atoms with Crippen molar-refractivity contribution in [2.75, 3.05) is 0 Å². The van der Waals surface area contributed by atoms with Gasteiger partial charge in [-0.25, -0.2) is 4.98 Å². The molecule has 0 atom stereocenters. The number of hydrogen-bond donors (Lipinski definition) is 0. The lowest BCUT2D eigenvalue weighted by molar-refractivity contribution is 1.37.